The predicted octanol–water partition coefficient (Wildman–Crippen LogP) is 4.02. The highest BCUT2D eigenvalue weighted by molar-refractivity contribution is 6.32. The van der Waals surface area contributed by atoms with Crippen LogP contribution in [0.2, 0.25) is 5.02 Å². The number of carbonyl (C=O) groups is 1. The van der Waals surface area contributed by atoms with Crippen molar-refractivity contribution in [2.45, 2.75) is 38.5 Å². The van der Waals surface area contributed by atoms with Crippen molar-refractivity contribution in [1.82, 2.24) is 0 Å². The van der Waals surface area contributed by atoms with Gasteiger partial charge in [0.1, 0.15) is 12.4 Å². The van der Waals surface area contributed by atoms with Gasteiger partial charge in [0, 0.05) is 19.2 Å². The van der Waals surface area contributed by atoms with E-state index in [0.29, 0.717) is 42.6 Å². The molecule has 0 bridgehead atoms. The summed E-state index contributed by atoms with van der Waals surface area (Å²) < 4.78 is 10.4. The van der Waals surface area contributed by atoms with Crippen LogP contribution < -0.4 is 15.8 Å². The molecule has 7 heteroatoms. The Morgan fingerprint density at radius 1 is 1.28 bits per heavy atom. The Balaban J connectivity index is 0.00000312. The zero-order chi connectivity index (χ0) is 17.4. The summed E-state index contributed by atoms with van der Waals surface area (Å²) in [6, 6.07) is 5.26. The minimum absolute atomic E-state index is 0. The summed E-state index contributed by atoms with van der Waals surface area (Å²) in [5.41, 5.74) is 6.58. The van der Waals surface area contributed by atoms with Crippen LogP contribution in [0.3, 0.4) is 0 Å². The quantitative estimate of drug-likeness (QED) is 0.657. The molecule has 0 saturated heterocycles. The number of methoxy groups -OCH3 is 1. The third-order valence-corrected chi connectivity index (χ3v) is 4.94. The molecule has 1 aliphatic rings. The normalized spacial score (nSPS) is 16.0. The minimum atomic E-state index is -0.0463. The molecule has 1 amide bonds. The Morgan fingerprint density at radius 3 is 2.60 bits per heavy atom. The number of amides is 1. The van der Waals surface area contributed by atoms with Crippen LogP contribution >= 0.6 is 24.0 Å². The fourth-order valence-electron chi connectivity index (χ4n) is 3.23. The Hall–Kier alpha value is -1.01. The van der Waals surface area contributed by atoms with E-state index >= 15 is 0 Å². The van der Waals surface area contributed by atoms with Gasteiger partial charge in [0.25, 0.3) is 0 Å². The van der Waals surface area contributed by atoms with Crippen molar-refractivity contribution in [2.24, 2.45) is 11.1 Å². The zero-order valence-electron chi connectivity index (χ0n) is 14.7. The SMILES string of the molecule is COCCOc1ccc(NC(=O)CC2(CN)CCCCC2)cc1Cl.Cl. The number of ether oxygens (including phenoxy) is 2. The molecule has 1 saturated carbocycles. The molecular weight excluding hydrogens is 363 g/mol. The molecule has 25 heavy (non-hydrogen) atoms. The third kappa shape index (κ3) is 6.66. The van der Waals surface area contributed by atoms with Crippen LogP contribution in [0.15, 0.2) is 18.2 Å². The van der Waals surface area contributed by atoms with Crippen LogP contribution in [-0.4, -0.2) is 32.8 Å². The second-order valence-corrected chi connectivity index (χ2v) is 6.88. The average molecular weight is 391 g/mol. The number of carbonyl (C=O) groups excluding carboxylic acids is 1. The molecule has 0 aromatic heterocycles. The number of nitrogens with one attached hydrogen (secondary N) is 1. The molecule has 0 radical (unpaired) electrons. The highest BCUT2D eigenvalue weighted by atomic mass is 35.5. The third-order valence-electron chi connectivity index (χ3n) is 4.64. The maximum Gasteiger partial charge on any atom is 0.224 e. The lowest BCUT2D eigenvalue weighted by atomic mass is 9.71. The summed E-state index contributed by atoms with van der Waals surface area (Å²) >= 11 is 6.20. The Labute approximate surface area is 161 Å². The van der Waals surface area contributed by atoms with Gasteiger partial charge in [-0.05, 0) is 43.0 Å². The van der Waals surface area contributed by atoms with Crippen molar-refractivity contribution >= 4 is 35.6 Å². The molecule has 0 heterocycles. The second kappa shape index (κ2) is 10.9. The van der Waals surface area contributed by atoms with Gasteiger partial charge in [-0.3, -0.25) is 4.79 Å². The highest BCUT2D eigenvalue weighted by Crippen LogP contribution is 2.38. The van der Waals surface area contributed by atoms with Gasteiger partial charge in [0.15, 0.2) is 0 Å². The predicted molar refractivity (Wildman–Crippen MR) is 104 cm³/mol. The standard InChI is InChI=1S/C18H27ClN2O3.ClH/c1-23-9-10-24-16-6-5-14(11-15(16)19)21-17(22)12-18(13-20)7-3-2-4-8-18;/h5-6,11H,2-4,7-10,12-13,20H2,1H3,(H,21,22);1H. The van der Waals surface area contributed by atoms with Crippen LogP contribution in [0.25, 0.3) is 0 Å². The molecule has 0 unspecified atom stereocenters. The Morgan fingerprint density at radius 2 is 2.00 bits per heavy atom. The maximum atomic E-state index is 12.4. The fraction of sp³-hybridized carbons (Fsp3) is 0.611. The minimum Gasteiger partial charge on any atom is -0.490 e. The number of benzene rings is 1. The van der Waals surface area contributed by atoms with Crippen molar-refractivity contribution in [2.75, 3.05) is 32.2 Å². The Kier molecular flexibility index (Phi) is 9.57. The van der Waals surface area contributed by atoms with E-state index in [-0.39, 0.29) is 23.7 Å². The van der Waals surface area contributed by atoms with E-state index in [0.717, 1.165) is 25.7 Å². The van der Waals surface area contributed by atoms with E-state index in [1.165, 1.54) is 6.42 Å². The van der Waals surface area contributed by atoms with Gasteiger partial charge < -0.3 is 20.5 Å². The molecule has 0 aliphatic heterocycles. The van der Waals surface area contributed by atoms with E-state index in [1.54, 1.807) is 25.3 Å². The first-order valence-electron chi connectivity index (χ1n) is 8.50. The van der Waals surface area contributed by atoms with Crippen molar-refractivity contribution < 1.29 is 14.3 Å². The highest BCUT2D eigenvalue weighted by Gasteiger charge is 2.32. The van der Waals surface area contributed by atoms with Gasteiger partial charge in [-0.1, -0.05) is 30.9 Å². The topological polar surface area (TPSA) is 73.6 Å². The first-order chi connectivity index (χ1) is 11.6. The lowest BCUT2D eigenvalue weighted by molar-refractivity contribution is -0.118. The smallest absolute Gasteiger partial charge is 0.224 e. The largest absolute Gasteiger partial charge is 0.490 e. The van der Waals surface area contributed by atoms with Crippen LogP contribution in [0.4, 0.5) is 5.69 Å². The summed E-state index contributed by atoms with van der Waals surface area (Å²) in [6.07, 6.45) is 6.08. The molecule has 5 nitrogen and oxygen atoms in total. The molecule has 1 aromatic carbocycles. The molecule has 1 aliphatic carbocycles. The van der Waals surface area contributed by atoms with E-state index in [9.17, 15) is 4.79 Å². The molecule has 142 valence electrons. The lowest BCUT2D eigenvalue weighted by Gasteiger charge is -2.35. The molecule has 3 N–H and O–H groups in total. The van der Waals surface area contributed by atoms with Gasteiger partial charge in [-0.15, -0.1) is 12.4 Å². The fourth-order valence-corrected chi connectivity index (χ4v) is 3.47. The van der Waals surface area contributed by atoms with Crippen molar-refractivity contribution in [1.29, 1.82) is 0 Å². The Bertz CT molecular complexity index is 549. The first-order valence-corrected chi connectivity index (χ1v) is 8.87. The monoisotopic (exact) mass is 390 g/mol. The van der Waals surface area contributed by atoms with Crippen LogP contribution in [0, 0.1) is 5.41 Å². The number of anilines is 1. The van der Waals surface area contributed by atoms with Crippen LogP contribution in [0.5, 0.6) is 5.75 Å². The lowest BCUT2D eigenvalue weighted by Crippen LogP contribution is -2.36. The van der Waals surface area contributed by atoms with Crippen molar-refractivity contribution in [3.8, 4) is 5.75 Å². The molecule has 0 spiro atoms. The summed E-state index contributed by atoms with van der Waals surface area (Å²) in [5, 5.41) is 3.39. The van der Waals surface area contributed by atoms with E-state index in [1.807, 2.05) is 0 Å². The van der Waals surface area contributed by atoms with Gasteiger partial charge in [-0.2, -0.15) is 0 Å². The molecular formula is C18H28Cl2N2O3. The number of hydrogen-bond donors (Lipinski definition) is 2. The molecule has 2 rings (SSSR count). The number of halogens is 2. The number of rotatable bonds is 8. The van der Waals surface area contributed by atoms with Gasteiger partial charge in [0.05, 0.1) is 11.6 Å². The molecule has 0 atom stereocenters. The zero-order valence-corrected chi connectivity index (χ0v) is 16.3. The van der Waals surface area contributed by atoms with Crippen molar-refractivity contribution in [3.63, 3.8) is 0 Å². The first kappa shape index (κ1) is 22.0. The molecule has 1 fully saturated rings. The second-order valence-electron chi connectivity index (χ2n) is 6.48. The van der Waals surface area contributed by atoms with E-state index in [2.05, 4.69) is 5.32 Å². The molecule has 1 aromatic rings. The van der Waals surface area contributed by atoms with E-state index in [4.69, 9.17) is 26.8 Å². The van der Waals surface area contributed by atoms with Crippen LogP contribution in [0.1, 0.15) is 38.5 Å². The summed E-state index contributed by atoms with van der Waals surface area (Å²) in [6.45, 7) is 1.49. The number of nitrogens with two attached hydrogens (primary N) is 1. The van der Waals surface area contributed by atoms with Crippen LogP contribution in [-0.2, 0) is 9.53 Å². The average Bonchev–Trinajstić information content (AvgIpc) is 2.57. The number of hydrogen-bond acceptors (Lipinski definition) is 4. The summed E-state index contributed by atoms with van der Waals surface area (Å²) in [5.74, 6) is 0.573. The van der Waals surface area contributed by atoms with E-state index < -0.39 is 0 Å². The van der Waals surface area contributed by atoms with Crippen molar-refractivity contribution in [3.05, 3.63) is 23.2 Å². The summed E-state index contributed by atoms with van der Waals surface area (Å²) in [7, 11) is 1.62. The van der Waals surface area contributed by atoms with Gasteiger partial charge >= 0.3 is 0 Å². The summed E-state index contributed by atoms with van der Waals surface area (Å²) in [4.78, 5) is 12.4. The maximum absolute atomic E-state index is 12.4. The van der Waals surface area contributed by atoms with Gasteiger partial charge in [0.2, 0.25) is 5.91 Å². The van der Waals surface area contributed by atoms with Gasteiger partial charge in [-0.25, -0.2) is 0 Å².